The minimum Gasteiger partial charge on any atom is -0.481 e. The Kier molecular flexibility index (Phi) is 4.64. The summed E-state index contributed by atoms with van der Waals surface area (Å²) in [6.45, 7) is 3.66. The molecule has 6 nitrogen and oxygen atoms in total. The van der Waals surface area contributed by atoms with Crippen molar-refractivity contribution in [3.05, 3.63) is 22.7 Å². The second kappa shape index (κ2) is 6.44. The van der Waals surface area contributed by atoms with Crippen LogP contribution in [0.15, 0.2) is 21.3 Å². The molecule has 0 radical (unpaired) electrons. The Morgan fingerprint density at radius 1 is 1.58 bits per heavy atom. The molecule has 2 aromatic rings. The zero-order chi connectivity index (χ0) is 13.7. The summed E-state index contributed by atoms with van der Waals surface area (Å²) in [6, 6.07) is 1.93. The zero-order valence-corrected chi connectivity index (χ0v) is 11.4. The summed E-state index contributed by atoms with van der Waals surface area (Å²) in [5, 5.41) is 16.5. The van der Waals surface area contributed by atoms with E-state index in [0.29, 0.717) is 24.8 Å². The van der Waals surface area contributed by atoms with Crippen LogP contribution in [0.2, 0.25) is 0 Å². The molecule has 0 spiro atoms. The average molecular weight is 281 g/mol. The van der Waals surface area contributed by atoms with Crippen molar-refractivity contribution >= 4 is 17.3 Å². The van der Waals surface area contributed by atoms with E-state index in [0.717, 1.165) is 12.1 Å². The van der Waals surface area contributed by atoms with Crippen LogP contribution in [0.3, 0.4) is 0 Å². The lowest BCUT2D eigenvalue weighted by molar-refractivity contribution is -0.137. The average Bonchev–Trinajstić information content (AvgIpc) is 3.04. The number of thiophene rings is 1. The molecular formula is C12H15N3O3S. The fourth-order valence-corrected chi connectivity index (χ4v) is 2.26. The third kappa shape index (κ3) is 3.87. The normalized spacial score (nSPS) is 11.1. The molecule has 102 valence electrons. The van der Waals surface area contributed by atoms with Gasteiger partial charge in [-0.3, -0.25) is 9.69 Å². The Balaban J connectivity index is 1.96. The standard InChI is InChI=1S/C12H15N3O3S/c1-2-15(5-3-11(16)17)7-10-13-12(14-18-10)9-4-6-19-8-9/h4,6,8H,2-3,5,7H2,1H3,(H,16,17). The van der Waals surface area contributed by atoms with Crippen LogP contribution in [-0.2, 0) is 11.3 Å². The number of rotatable bonds is 7. The van der Waals surface area contributed by atoms with Crippen LogP contribution in [0.5, 0.6) is 0 Å². The molecule has 0 aliphatic carbocycles. The van der Waals surface area contributed by atoms with E-state index in [-0.39, 0.29) is 6.42 Å². The number of aliphatic carboxylic acids is 1. The van der Waals surface area contributed by atoms with Crippen molar-refractivity contribution in [1.82, 2.24) is 15.0 Å². The largest absolute Gasteiger partial charge is 0.481 e. The number of aromatic nitrogens is 2. The smallest absolute Gasteiger partial charge is 0.304 e. The number of hydrogen-bond acceptors (Lipinski definition) is 6. The maximum Gasteiger partial charge on any atom is 0.304 e. The molecule has 0 aliphatic heterocycles. The number of carboxylic acid groups (broad SMARTS) is 1. The second-order valence-corrected chi connectivity index (χ2v) is 4.82. The molecule has 19 heavy (non-hydrogen) atoms. The summed E-state index contributed by atoms with van der Waals surface area (Å²) in [5.74, 6) is 0.280. The zero-order valence-electron chi connectivity index (χ0n) is 10.6. The van der Waals surface area contributed by atoms with Crippen LogP contribution in [0.1, 0.15) is 19.2 Å². The van der Waals surface area contributed by atoms with E-state index in [1.165, 1.54) is 0 Å². The molecule has 0 saturated carbocycles. The van der Waals surface area contributed by atoms with E-state index in [1.807, 2.05) is 28.7 Å². The van der Waals surface area contributed by atoms with Crippen LogP contribution >= 0.6 is 11.3 Å². The maximum absolute atomic E-state index is 10.6. The third-order valence-corrected chi connectivity index (χ3v) is 3.38. The van der Waals surface area contributed by atoms with Crippen molar-refractivity contribution < 1.29 is 14.4 Å². The van der Waals surface area contributed by atoms with Gasteiger partial charge in [-0.2, -0.15) is 16.3 Å². The van der Waals surface area contributed by atoms with Gasteiger partial charge in [0.2, 0.25) is 11.7 Å². The molecule has 0 atom stereocenters. The van der Waals surface area contributed by atoms with Gasteiger partial charge >= 0.3 is 5.97 Å². The Bertz CT molecular complexity index is 524. The van der Waals surface area contributed by atoms with Crippen molar-refractivity contribution in [2.24, 2.45) is 0 Å². The first kappa shape index (κ1) is 13.7. The molecular weight excluding hydrogens is 266 g/mol. The number of carboxylic acids is 1. The molecule has 0 amide bonds. The van der Waals surface area contributed by atoms with E-state index >= 15 is 0 Å². The van der Waals surface area contributed by atoms with Crippen LogP contribution in [0, 0.1) is 0 Å². The van der Waals surface area contributed by atoms with Gasteiger partial charge < -0.3 is 9.63 Å². The number of hydrogen-bond donors (Lipinski definition) is 1. The van der Waals surface area contributed by atoms with Gasteiger partial charge in [0.05, 0.1) is 13.0 Å². The van der Waals surface area contributed by atoms with Gasteiger partial charge in [0, 0.05) is 17.5 Å². The monoisotopic (exact) mass is 281 g/mol. The molecule has 2 heterocycles. The molecule has 0 bridgehead atoms. The van der Waals surface area contributed by atoms with Crippen LogP contribution in [-0.4, -0.2) is 39.2 Å². The van der Waals surface area contributed by atoms with Crippen LogP contribution in [0.4, 0.5) is 0 Å². The molecule has 1 N–H and O–H groups in total. The SMILES string of the molecule is CCN(CCC(=O)O)Cc1nc(-c2ccsc2)no1. The summed E-state index contributed by atoms with van der Waals surface area (Å²) in [6.07, 6.45) is 0.110. The van der Waals surface area contributed by atoms with Crippen LogP contribution in [0.25, 0.3) is 11.4 Å². The first-order valence-corrected chi connectivity index (χ1v) is 6.92. The fraction of sp³-hybridized carbons (Fsp3) is 0.417. The van der Waals surface area contributed by atoms with Gasteiger partial charge in [-0.25, -0.2) is 0 Å². The van der Waals surface area contributed by atoms with Crippen molar-refractivity contribution in [3.8, 4) is 11.4 Å². The minimum atomic E-state index is -0.803. The predicted molar refractivity (Wildman–Crippen MR) is 70.8 cm³/mol. The van der Waals surface area contributed by atoms with E-state index in [4.69, 9.17) is 9.63 Å². The number of nitrogens with zero attached hydrogens (tertiary/aromatic N) is 3. The molecule has 7 heteroatoms. The highest BCUT2D eigenvalue weighted by Crippen LogP contribution is 2.19. The third-order valence-electron chi connectivity index (χ3n) is 2.70. The molecule has 0 unspecified atom stereocenters. The van der Waals surface area contributed by atoms with E-state index in [2.05, 4.69) is 10.1 Å². The summed E-state index contributed by atoms with van der Waals surface area (Å²) in [5.41, 5.74) is 0.939. The first-order valence-electron chi connectivity index (χ1n) is 5.98. The molecule has 0 aliphatic rings. The lowest BCUT2D eigenvalue weighted by Gasteiger charge is -2.16. The van der Waals surface area contributed by atoms with Gasteiger partial charge in [-0.15, -0.1) is 0 Å². The van der Waals surface area contributed by atoms with Crippen molar-refractivity contribution in [2.75, 3.05) is 13.1 Å². The van der Waals surface area contributed by atoms with E-state index < -0.39 is 5.97 Å². The topological polar surface area (TPSA) is 79.5 Å². The Morgan fingerprint density at radius 3 is 3.05 bits per heavy atom. The summed E-state index contributed by atoms with van der Waals surface area (Å²) < 4.78 is 5.18. The van der Waals surface area contributed by atoms with Crippen molar-refractivity contribution in [3.63, 3.8) is 0 Å². The highest BCUT2D eigenvalue weighted by Gasteiger charge is 2.13. The fourth-order valence-electron chi connectivity index (χ4n) is 1.62. The molecule has 2 aromatic heterocycles. The highest BCUT2D eigenvalue weighted by molar-refractivity contribution is 7.08. The van der Waals surface area contributed by atoms with Gasteiger partial charge in [0.15, 0.2) is 0 Å². The predicted octanol–water partition coefficient (Wildman–Crippen LogP) is 2.09. The van der Waals surface area contributed by atoms with Crippen LogP contribution < -0.4 is 0 Å². The second-order valence-electron chi connectivity index (χ2n) is 4.04. The van der Waals surface area contributed by atoms with Gasteiger partial charge in [-0.1, -0.05) is 12.1 Å². The Hall–Kier alpha value is -1.73. The lowest BCUT2D eigenvalue weighted by Crippen LogP contribution is -2.25. The van der Waals surface area contributed by atoms with E-state index in [9.17, 15) is 4.79 Å². The van der Waals surface area contributed by atoms with E-state index in [1.54, 1.807) is 11.3 Å². The lowest BCUT2D eigenvalue weighted by atomic mass is 10.3. The summed E-state index contributed by atoms with van der Waals surface area (Å²) in [4.78, 5) is 16.8. The van der Waals surface area contributed by atoms with Gasteiger partial charge in [0.1, 0.15) is 0 Å². The molecule has 2 rings (SSSR count). The minimum absolute atomic E-state index is 0.110. The molecule has 0 aromatic carbocycles. The first-order chi connectivity index (χ1) is 9.19. The molecule has 0 fully saturated rings. The Labute approximate surface area is 114 Å². The van der Waals surface area contributed by atoms with Gasteiger partial charge in [-0.05, 0) is 18.0 Å². The quantitative estimate of drug-likeness (QED) is 0.837. The molecule has 0 saturated heterocycles. The summed E-state index contributed by atoms with van der Waals surface area (Å²) >= 11 is 1.58. The maximum atomic E-state index is 10.6. The summed E-state index contributed by atoms with van der Waals surface area (Å²) in [7, 11) is 0. The Morgan fingerprint density at radius 2 is 2.42 bits per heavy atom. The number of carbonyl (C=O) groups is 1. The van der Waals surface area contributed by atoms with Crippen molar-refractivity contribution in [2.45, 2.75) is 19.9 Å². The van der Waals surface area contributed by atoms with Gasteiger partial charge in [0.25, 0.3) is 0 Å². The van der Waals surface area contributed by atoms with Crippen molar-refractivity contribution in [1.29, 1.82) is 0 Å². The highest BCUT2D eigenvalue weighted by atomic mass is 32.1.